The van der Waals surface area contributed by atoms with Gasteiger partial charge >= 0.3 is 0 Å². The Labute approximate surface area is 158 Å². The van der Waals surface area contributed by atoms with Crippen molar-refractivity contribution in [3.05, 3.63) is 28.8 Å². The molecule has 0 saturated carbocycles. The zero-order valence-corrected chi connectivity index (χ0v) is 15.8. The van der Waals surface area contributed by atoms with E-state index in [2.05, 4.69) is 5.32 Å². The van der Waals surface area contributed by atoms with E-state index in [0.29, 0.717) is 32.5 Å². The predicted molar refractivity (Wildman–Crippen MR) is 97.0 cm³/mol. The summed E-state index contributed by atoms with van der Waals surface area (Å²) >= 11 is 5.93. The van der Waals surface area contributed by atoms with Gasteiger partial charge in [-0.05, 0) is 31.0 Å². The first kappa shape index (κ1) is 21.7. The number of sulfonamides is 1. The highest BCUT2D eigenvalue weighted by Gasteiger charge is 2.33. The molecule has 0 bridgehead atoms. The molecule has 0 aliphatic carbocycles. The minimum atomic E-state index is -3.76. The fraction of sp³-hybridized carbons (Fsp3) is 0.467. The first-order valence-electron chi connectivity index (χ1n) is 7.57. The standard InChI is InChI=1S/C15H19ClN4O3S.ClH/c16-14-8-13(4-3-11(14)9-18)24(22,23)20-7-1-2-12(10-20)15(21)19-6-5-17;/h3-4,8,12H,1-2,5-7,10,17H2,(H,19,21);1H. The molecule has 7 nitrogen and oxygen atoms in total. The summed E-state index contributed by atoms with van der Waals surface area (Å²) < 4.78 is 26.8. The Morgan fingerprint density at radius 3 is 2.80 bits per heavy atom. The van der Waals surface area contributed by atoms with E-state index >= 15 is 0 Å². The smallest absolute Gasteiger partial charge is 0.243 e. The van der Waals surface area contributed by atoms with Crippen LogP contribution in [-0.4, -0.2) is 44.8 Å². The highest BCUT2D eigenvalue weighted by Crippen LogP contribution is 2.26. The van der Waals surface area contributed by atoms with Crippen LogP contribution in [0.25, 0.3) is 0 Å². The Hall–Kier alpha value is -1.37. The number of hydrogen-bond acceptors (Lipinski definition) is 5. The summed E-state index contributed by atoms with van der Waals surface area (Å²) in [5, 5.41) is 11.7. The summed E-state index contributed by atoms with van der Waals surface area (Å²) in [5.41, 5.74) is 5.58. The average molecular weight is 407 g/mol. The molecule has 2 rings (SSSR count). The molecule has 0 aromatic heterocycles. The van der Waals surface area contributed by atoms with Gasteiger partial charge in [-0.3, -0.25) is 4.79 Å². The van der Waals surface area contributed by atoms with Crippen molar-refractivity contribution < 1.29 is 13.2 Å². The van der Waals surface area contributed by atoms with Gasteiger partial charge in [0.15, 0.2) is 0 Å². The lowest BCUT2D eigenvalue weighted by atomic mass is 9.99. The number of piperidine rings is 1. The zero-order valence-electron chi connectivity index (χ0n) is 13.4. The molecule has 10 heteroatoms. The number of benzene rings is 1. The lowest BCUT2D eigenvalue weighted by Gasteiger charge is -2.31. The van der Waals surface area contributed by atoms with E-state index in [0.717, 1.165) is 0 Å². The molecule has 1 aromatic rings. The van der Waals surface area contributed by atoms with E-state index in [1.54, 1.807) is 0 Å². The molecular formula is C15H20Cl2N4O3S. The fourth-order valence-corrected chi connectivity index (χ4v) is 4.45. The Kier molecular flexibility index (Phi) is 8.12. The van der Waals surface area contributed by atoms with E-state index in [-0.39, 0.29) is 40.3 Å². The molecule has 1 amide bonds. The third kappa shape index (κ3) is 5.06. The number of nitrogens with one attached hydrogen (secondary N) is 1. The number of rotatable bonds is 5. The van der Waals surface area contributed by atoms with Crippen molar-refractivity contribution in [2.45, 2.75) is 17.7 Å². The number of nitriles is 1. The molecule has 1 aromatic carbocycles. The molecule has 1 aliphatic rings. The normalized spacial score (nSPS) is 18.0. The van der Waals surface area contributed by atoms with E-state index in [9.17, 15) is 13.2 Å². The highest BCUT2D eigenvalue weighted by molar-refractivity contribution is 7.89. The van der Waals surface area contributed by atoms with Crippen LogP contribution in [0, 0.1) is 17.2 Å². The first-order chi connectivity index (χ1) is 11.4. The van der Waals surface area contributed by atoms with Crippen LogP contribution in [0.2, 0.25) is 5.02 Å². The number of carbonyl (C=O) groups is 1. The molecule has 1 unspecified atom stereocenters. The summed E-state index contributed by atoms with van der Waals surface area (Å²) in [5.74, 6) is -0.577. The molecule has 138 valence electrons. The first-order valence-corrected chi connectivity index (χ1v) is 9.39. The number of carbonyl (C=O) groups excluding carboxylic acids is 1. The summed E-state index contributed by atoms with van der Waals surface area (Å²) in [6, 6.07) is 5.90. The van der Waals surface area contributed by atoms with Gasteiger partial charge in [-0.15, -0.1) is 12.4 Å². The minimum absolute atomic E-state index is 0. The third-order valence-electron chi connectivity index (χ3n) is 3.90. The zero-order chi connectivity index (χ0) is 17.7. The van der Waals surface area contributed by atoms with Crippen molar-refractivity contribution in [1.82, 2.24) is 9.62 Å². The largest absolute Gasteiger partial charge is 0.355 e. The van der Waals surface area contributed by atoms with E-state index in [1.807, 2.05) is 6.07 Å². The van der Waals surface area contributed by atoms with Gasteiger partial charge in [0.1, 0.15) is 6.07 Å². The van der Waals surface area contributed by atoms with Crippen molar-refractivity contribution in [3.8, 4) is 6.07 Å². The molecule has 0 radical (unpaired) electrons. The Balaban J connectivity index is 0.00000312. The van der Waals surface area contributed by atoms with Crippen molar-refractivity contribution in [3.63, 3.8) is 0 Å². The van der Waals surface area contributed by atoms with Crippen molar-refractivity contribution in [2.24, 2.45) is 11.7 Å². The second kappa shape index (κ2) is 9.36. The lowest BCUT2D eigenvalue weighted by Crippen LogP contribution is -2.46. The molecule has 1 aliphatic heterocycles. The topological polar surface area (TPSA) is 116 Å². The van der Waals surface area contributed by atoms with Gasteiger partial charge in [0, 0.05) is 26.2 Å². The molecule has 1 heterocycles. The maximum Gasteiger partial charge on any atom is 0.243 e. The van der Waals surface area contributed by atoms with Crippen molar-refractivity contribution in [2.75, 3.05) is 26.2 Å². The number of hydrogen-bond donors (Lipinski definition) is 2. The van der Waals surface area contributed by atoms with Crippen LogP contribution < -0.4 is 11.1 Å². The Bertz CT molecular complexity index is 765. The van der Waals surface area contributed by atoms with Gasteiger partial charge in [0.05, 0.1) is 21.4 Å². The van der Waals surface area contributed by atoms with Crippen LogP contribution in [-0.2, 0) is 14.8 Å². The van der Waals surface area contributed by atoms with Gasteiger partial charge in [-0.25, -0.2) is 8.42 Å². The van der Waals surface area contributed by atoms with Crippen molar-refractivity contribution in [1.29, 1.82) is 5.26 Å². The van der Waals surface area contributed by atoms with Gasteiger partial charge in [-0.2, -0.15) is 9.57 Å². The second-order valence-electron chi connectivity index (χ2n) is 5.54. The molecule has 25 heavy (non-hydrogen) atoms. The fourth-order valence-electron chi connectivity index (χ4n) is 2.61. The molecule has 1 atom stereocenters. The van der Waals surface area contributed by atoms with Crippen molar-refractivity contribution >= 4 is 39.9 Å². The number of halogens is 2. The van der Waals surface area contributed by atoms with Crippen LogP contribution in [0.15, 0.2) is 23.1 Å². The SMILES string of the molecule is Cl.N#Cc1ccc(S(=O)(=O)N2CCCC(C(=O)NCCN)C2)cc1Cl. The van der Waals surface area contributed by atoms with Crippen LogP contribution in [0.5, 0.6) is 0 Å². The summed E-state index contributed by atoms with van der Waals surface area (Å²) in [6.07, 6.45) is 1.24. The number of nitrogens with two attached hydrogens (primary N) is 1. The Morgan fingerprint density at radius 1 is 1.48 bits per heavy atom. The van der Waals surface area contributed by atoms with Crippen LogP contribution in [0.3, 0.4) is 0 Å². The van der Waals surface area contributed by atoms with Gasteiger partial charge in [-0.1, -0.05) is 11.6 Å². The summed E-state index contributed by atoms with van der Waals surface area (Å²) in [4.78, 5) is 12.1. The monoisotopic (exact) mass is 406 g/mol. The van der Waals surface area contributed by atoms with Crippen LogP contribution in [0.1, 0.15) is 18.4 Å². The molecular weight excluding hydrogens is 387 g/mol. The average Bonchev–Trinajstić information content (AvgIpc) is 2.59. The molecule has 3 N–H and O–H groups in total. The number of amides is 1. The third-order valence-corrected chi connectivity index (χ3v) is 6.07. The quantitative estimate of drug-likeness (QED) is 0.759. The second-order valence-corrected chi connectivity index (χ2v) is 7.88. The lowest BCUT2D eigenvalue weighted by molar-refractivity contribution is -0.126. The molecule has 1 fully saturated rings. The van der Waals surface area contributed by atoms with E-state index in [1.165, 1.54) is 22.5 Å². The highest BCUT2D eigenvalue weighted by atomic mass is 35.5. The maximum atomic E-state index is 12.8. The summed E-state index contributed by atoms with van der Waals surface area (Å²) in [6.45, 7) is 1.18. The van der Waals surface area contributed by atoms with Gasteiger partial charge in [0.25, 0.3) is 0 Å². The maximum absolute atomic E-state index is 12.8. The van der Waals surface area contributed by atoms with E-state index < -0.39 is 15.9 Å². The molecule has 1 saturated heterocycles. The number of nitrogens with zero attached hydrogens (tertiary/aromatic N) is 2. The predicted octanol–water partition coefficient (Wildman–Crippen LogP) is 1.11. The summed E-state index contributed by atoms with van der Waals surface area (Å²) in [7, 11) is -3.76. The van der Waals surface area contributed by atoms with Crippen LogP contribution >= 0.6 is 24.0 Å². The minimum Gasteiger partial charge on any atom is -0.355 e. The Morgan fingerprint density at radius 2 is 2.20 bits per heavy atom. The van der Waals surface area contributed by atoms with Gasteiger partial charge < -0.3 is 11.1 Å². The van der Waals surface area contributed by atoms with Crippen LogP contribution in [0.4, 0.5) is 0 Å². The van der Waals surface area contributed by atoms with E-state index in [4.69, 9.17) is 22.6 Å². The molecule has 0 spiro atoms. The van der Waals surface area contributed by atoms with Gasteiger partial charge in [0.2, 0.25) is 15.9 Å².